The Morgan fingerprint density at radius 3 is 2.80 bits per heavy atom. The summed E-state index contributed by atoms with van der Waals surface area (Å²) < 4.78 is 0. The number of aromatic nitrogens is 1. The highest BCUT2D eigenvalue weighted by molar-refractivity contribution is 7.09. The van der Waals surface area contributed by atoms with Crippen LogP contribution in [-0.2, 0) is 16.1 Å². The maximum absolute atomic E-state index is 12.7. The molecule has 0 bridgehead atoms. The smallest absolute Gasteiger partial charge is 0.226 e. The molecule has 0 radical (unpaired) electrons. The zero-order chi connectivity index (χ0) is 18.2. The molecule has 1 aliphatic rings. The van der Waals surface area contributed by atoms with Crippen LogP contribution in [0.15, 0.2) is 11.6 Å². The summed E-state index contributed by atoms with van der Waals surface area (Å²) in [6.07, 6.45) is 4.83. The molecule has 2 amide bonds. The Kier molecular flexibility index (Phi) is 7.84. The summed E-state index contributed by atoms with van der Waals surface area (Å²) in [5.74, 6) is 0.00182. The minimum Gasteiger partial charge on any atom is -0.344 e. The van der Waals surface area contributed by atoms with E-state index in [0.29, 0.717) is 26.1 Å². The normalized spacial score (nSPS) is 22.2. The van der Waals surface area contributed by atoms with Gasteiger partial charge in [-0.25, -0.2) is 4.98 Å². The first-order valence-corrected chi connectivity index (χ1v) is 10.1. The highest BCUT2D eigenvalue weighted by Crippen LogP contribution is 2.21. The van der Waals surface area contributed by atoms with Crippen molar-refractivity contribution in [2.45, 2.75) is 52.1 Å². The molecule has 1 saturated heterocycles. The Hall–Kier alpha value is -1.47. The third-order valence-corrected chi connectivity index (χ3v) is 5.68. The lowest BCUT2D eigenvalue weighted by Gasteiger charge is -2.26. The molecule has 2 rings (SSSR count). The summed E-state index contributed by atoms with van der Waals surface area (Å²) >= 11 is 1.63. The predicted octanol–water partition coefficient (Wildman–Crippen LogP) is 2.12. The molecule has 2 heterocycles. The van der Waals surface area contributed by atoms with Crippen molar-refractivity contribution in [3.8, 4) is 0 Å². The van der Waals surface area contributed by atoms with E-state index in [1.165, 1.54) is 0 Å². The Bertz CT molecular complexity index is 545. The van der Waals surface area contributed by atoms with Crippen LogP contribution in [0.1, 0.15) is 44.5 Å². The topological polar surface area (TPSA) is 65.5 Å². The molecule has 0 saturated carbocycles. The van der Waals surface area contributed by atoms with E-state index in [1.54, 1.807) is 16.2 Å². The molecule has 1 N–H and O–H groups in total. The fourth-order valence-corrected chi connectivity index (χ4v) is 3.91. The van der Waals surface area contributed by atoms with Gasteiger partial charge in [0.25, 0.3) is 0 Å². The molecule has 7 heteroatoms. The van der Waals surface area contributed by atoms with Crippen LogP contribution in [0.2, 0.25) is 0 Å². The number of thiazole rings is 1. The molecule has 0 spiro atoms. The standard InChI is InChI=1S/C18H30N4O2S/c1-4-22(5-2)18(24)14-7-6-8-15(13-21(3)17(23)11-14)20-12-16-19-9-10-25-16/h9-10,14-15,20H,4-8,11-13H2,1-3H3/t14-,15-/m1/s1. The van der Waals surface area contributed by atoms with Crippen LogP contribution in [-0.4, -0.2) is 59.3 Å². The molecule has 1 aliphatic heterocycles. The number of likely N-dealkylation sites (N-methyl/N-ethyl adjacent to an activating group) is 1. The molecule has 140 valence electrons. The van der Waals surface area contributed by atoms with Crippen molar-refractivity contribution < 1.29 is 9.59 Å². The lowest BCUT2D eigenvalue weighted by atomic mass is 9.95. The van der Waals surface area contributed by atoms with E-state index < -0.39 is 0 Å². The van der Waals surface area contributed by atoms with Crippen molar-refractivity contribution in [1.29, 1.82) is 0 Å². The van der Waals surface area contributed by atoms with Gasteiger partial charge in [0, 0.05) is 63.2 Å². The van der Waals surface area contributed by atoms with E-state index in [0.717, 1.165) is 30.8 Å². The fourth-order valence-electron chi connectivity index (χ4n) is 3.35. The summed E-state index contributed by atoms with van der Waals surface area (Å²) in [7, 11) is 1.84. The fraction of sp³-hybridized carbons (Fsp3) is 0.722. The second-order valence-corrected chi connectivity index (χ2v) is 7.60. The predicted molar refractivity (Wildman–Crippen MR) is 100 cm³/mol. The Morgan fingerprint density at radius 1 is 1.40 bits per heavy atom. The first-order valence-electron chi connectivity index (χ1n) is 9.19. The van der Waals surface area contributed by atoms with Crippen LogP contribution in [0, 0.1) is 5.92 Å². The summed E-state index contributed by atoms with van der Waals surface area (Å²) in [5.41, 5.74) is 0. The molecular formula is C18H30N4O2S. The van der Waals surface area contributed by atoms with Gasteiger partial charge in [0.15, 0.2) is 0 Å². The van der Waals surface area contributed by atoms with Gasteiger partial charge in [-0.3, -0.25) is 9.59 Å². The zero-order valence-electron chi connectivity index (χ0n) is 15.5. The molecule has 1 aromatic heterocycles. The van der Waals surface area contributed by atoms with E-state index in [2.05, 4.69) is 10.3 Å². The Balaban J connectivity index is 1.97. The highest BCUT2D eigenvalue weighted by atomic mass is 32.1. The van der Waals surface area contributed by atoms with E-state index in [9.17, 15) is 9.59 Å². The number of hydrogen-bond donors (Lipinski definition) is 1. The van der Waals surface area contributed by atoms with Crippen LogP contribution in [0.4, 0.5) is 0 Å². The second-order valence-electron chi connectivity index (χ2n) is 6.62. The van der Waals surface area contributed by atoms with Gasteiger partial charge in [-0.2, -0.15) is 0 Å². The zero-order valence-corrected chi connectivity index (χ0v) is 16.3. The van der Waals surface area contributed by atoms with Gasteiger partial charge in [0.05, 0.1) is 0 Å². The molecule has 2 atom stereocenters. The average Bonchev–Trinajstić information content (AvgIpc) is 3.13. The van der Waals surface area contributed by atoms with Crippen LogP contribution in [0.5, 0.6) is 0 Å². The number of nitrogens with zero attached hydrogens (tertiary/aromatic N) is 3. The minimum atomic E-state index is -0.187. The highest BCUT2D eigenvalue weighted by Gasteiger charge is 2.29. The molecule has 1 aromatic rings. The Morgan fingerprint density at radius 2 is 2.16 bits per heavy atom. The first-order chi connectivity index (χ1) is 12.0. The maximum atomic E-state index is 12.7. The summed E-state index contributed by atoms with van der Waals surface area (Å²) in [4.78, 5) is 33.1. The molecule has 0 unspecified atom stereocenters. The molecule has 1 fully saturated rings. The molecule has 0 aromatic carbocycles. The number of rotatable bonds is 6. The SMILES string of the molecule is CCN(CC)C(=O)[C@@H]1CCC[C@@H](NCc2nccs2)CN(C)C(=O)C1. The van der Waals surface area contributed by atoms with Crippen molar-refractivity contribution >= 4 is 23.2 Å². The molecule has 0 aliphatic carbocycles. The number of carbonyl (C=O) groups is 2. The lowest BCUT2D eigenvalue weighted by molar-refractivity contribution is -0.140. The van der Waals surface area contributed by atoms with Crippen LogP contribution in [0.3, 0.4) is 0 Å². The number of hydrogen-bond acceptors (Lipinski definition) is 5. The summed E-state index contributed by atoms with van der Waals surface area (Å²) in [6.45, 7) is 6.79. The van der Waals surface area contributed by atoms with Gasteiger partial charge in [-0.1, -0.05) is 6.42 Å². The minimum absolute atomic E-state index is 0.0634. The van der Waals surface area contributed by atoms with Gasteiger partial charge in [-0.15, -0.1) is 11.3 Å². The third-order valence-electron chi connectivity index (χ3n) is 4.90. The van der Waals surface area contributed by atoms with Gasteiger partial charge in [-0.05, 0) is 26.7 Å². The summed E-state index contributed by atoms with van der Waals surface area (Å²) in [5, 5.41) is 6.55. The van der Waals surface area contributed by atoms with E-state index in [1.807, 2.05) is 37.4 Å². The van der Waals surface area contributed by atoms with Crippen molar-refractivity contribution in [3.63, 3.8) is 0 Å². The molecule has 6 nitrogen and oxygen atoms in total. The van der Waals surface area contributed by atoms with Crippen LogP contribution in [0.25, 0.3) is 0 Å². The monoisotopic (exact) mass is 366 g/mol. The average molecular weight is 367 g/mol. The Labute approximate surface area is 154 Å². The number of amides is 2. The maximum Gasteiger partial charge on any atom is 0.226 e. The van der Waals surface area contributed by atoms with Crippen LogP contribution >= 0.6 is 11.3 Å². The third kappa shape index (κ3) is 5.78. The van der Waals surface area contributed by atoms with Crippen molar-refractivity contribution in [1.82, 2.24) is 20.1 Å². The largest absolute Gasteiger partial charge is 0.344 e. The second kappa shape index (κ2) is 9.87. The van der Waals surface area contributed by atoms with Crippen LogP contribution < -0.4 is 5.32 Å². The van der Waals surface area contributed by atoms with Gasteiger partial charge >= 0.3 is 0 Å². The van der Waals surface area contributed by atoms with Crippen molar-refractivity contribution in [2.24, 2.45) is 5.92 Å². The number of carbonyl (C=O) groups excluding carboxylic acids is 2. The quantitative estimate of drug-likeness (QED) is 0.837. The molecule has 25 heavy (non-hydrogen) atoms. The van der Waals surface area contributed by atoms with Gasteiger partial charge in [0.2, 0.25) is 11.8 Å². The summed E-state index contributed by atoms with van der Waals surface area (Å²) in [6, 6.07) is 0.236. The van der Waals surface area contributed by atoms with Crippen molar-refractivity contribution in [2.75, 3.05) is 26.7 Å². The lowest BCUT2D eigenvalue weighted by Crippen LogP contribution is -2.42. The van der Waals surface area contributed by atoms with E-state index in [4.69, 9.17) is 0 Å². The number of nitrogens with one attached hydrogen (secondary N) is 1. The first kappa shape index (κ1) is 19.8. The van der Waals surface area contributed by atoms with E-state index in [-0.39, 0.29) is 23.8 Å². The van der Waals surface area contributed by atoms with Gasteiger partial charge < -0.3 is 15.1 Å². The van der Waals surface area contributed by atoms with Crippen molar-refractivity contribution in [3.05, 3.63) is 16.6 Å². The van der Waals surface area contributed by atoms with E-state index >= 15 is 0 Å². The molecular weight excluding hydrogens is 336 g/mol. The van der Waals surface area contributed by atoms with Gasteiger partial charge in [0.1, 0.15) is 5.01 Å².